The Balaban J connectivity index is 1.66. The molecule has 0 bridgehead atoms. The summed E-state index contributed by atoms with van der Waals surface area (Å²) in [5.74, 6) is 0. The fraction of sp³-hybridized carbons (Fsp3) is 0.119. The number of hydrogen-bond acceptors (Lipinski definition) is 1. The molecule has 0 amide bonds. The van der Waals surface area contributed by atoms with Crippen molar-refractivity contribution in [3.63, 3.8) is 0 Å². The van der Waals surface area contributed by atoms with E-state index in [1.165, 1.54) is 59.9 Å². The SMILES string of the molecule is C=C/C=C\C(=C/C)P(C(=C)/C=C\C=C/C)c1cccc2c1nc1c3c4ccccc4ccc3c3cc4c(cc3n21)=CCCCC=4. The van der Waals surface area contributed by atoms with Gasteiger partial charge in [0.2, 0.25) is 0 Å². The maximum Gasteiger partial charge on any atom is 0.147 e. The second-order valence-corrected chi connectivity index (χ2v) is 13.7. The van der Waals surface area contributed by atoms with Gasteiger partial charge in [-0.25, -0.2) is 4.98 Å². The van der Waals surface area contributed by atoms with Crippen LogP contribution in [0.1, 0.15) is 33.1 Å². The normalized spacial score (nSPS) is 14.9. The zero-order valence-electron chi connectivity index (χ0n) is 26.0. The maximum absolute atomic E-state index is 5.58. The van der Waals surface area contributed by atoms with E-state index in [4.69, 9.17) is 4.98 Å². The van der Waals surface area contributed by atoms with Gasteiger partial charge in [-0.15, -0.1) is 0 Å². The molecule has 45 heavy (non-hydrogen) atoms. The van der Waals surface area contributed by atoms with Crippen molar-refractivity contribution in [2.75, 3.05) is 0 Å². The van der Waals surface area contributed by atoms with Gasteiger partial charge in [0, 0.05) is 16.1 Å². The number of para-hydroxylation sites is 1. The number of pyridine rings is 1. The first-order chi connectivity index (χ1) is 22.1. The van der Waals surface area contributed by atoms with E-state index in [1.54, 1.807) is 0 Å². The molecule has 4 aromatic carbocycles. The summed E-state index contributed by atoms with van der Waals surface area (Å²) in [6.07, 6.45) is 24.8. The molecule has 3 heteroatoms. The summed E-state index contributed by atoms with van der Waals surface area (Å²) in [5, 5.41) is 12.3. The molecule has 1 atom stereocenters. The molecule has 1 aliphatic carbocycles. The Morgan fingerprint density at radius 3 is 2.44 bits per heavy atom. The fourth-order valence-corrected chi connectivity index (χ4v) is 8.96. The summed E-state index contributed by atoms with van der Waals surface area (Å²) >= 11 is 0. The molecule has 6 aromatic rings. The summed E-state index contributed by atoms with van der Waals surface area (Å²) in [6.45, 7) is 12.7. The van der Waals surface area contributed by atoms with Gasteiger partial charge in [0.15, 0.2) is 0 Å². The number of fused-ring (bicyclic) bond motifs is 11. The molecular weight excluding hydrogens is 563 g/mol. The Morgan fingerprint density at radius 2 is 1.64 bits per heavy atom. The molecule has 0 saturated heterocycles. The predicted octanol–water partition coefficient (Wildman–Crippen LogP) is 10.1. The maximum atomic E-state index is 5.58. The highest BCUT2D eigenvalue weighted by Crippen LogP contribution is 2.53. The van der Waals surface area contributed by atoms with Crippen molar-refractivity contribution in [2.45, 2.75) is 33.1 Å². The van der Waals surface area contributed by atoms with Gasteiger partial charge in [0.25, 0.3) is 0 Å². The van der Waals surface area contributed by atoms with E-state index in [0.29, 0.717) is 0 Å². The highest BCUT2D eigenvalue weighted by Gasteiger charge is 2.23. The van der Waals surface area contributed by atoms with Gasteiger partial charge in [0.05, 0.1) is 16.6 Å². The standard InChI is InChI=1S/C42H37N2P/c1-5-8-11-17-29(4)45(33(7-3)21-9-6-2)39-24-16-23-37-41(39)43-42-40-34-22-15-14-18-30(34)25-26-35(40)36-27-31-19-12-10-13-20-32(31)28-38(36)44(37)42/h5-9,11,14-28H,2,4,10,12-13H2,1,3H3/b8-5-,17-11-,21-9-,33-7+. The number of allylic oxidation sites excluding steroid dienone is 10. The Morgan fingerprint density at radius 1 is 0.822 bits per heavy atom. The van der Waals surface area contributed by atoms with Gasteiger partial charge in [-0.1, -0.05) is 122 Å². The van der Waals surface area contributed by atoms with Crippen LogP contribution in [-0.2, 0) is 0 Å². The van der Waals surface area contributed by atoms with Crippen LogP contribution in [0.3, 0.4) is 0 Å². The number of imidazole rings is 1. The Bertz CT molecular complexity index is 2410. The zero-order chi connectivity index (χ0) is 30.9. The average Bonchev–Trinajstić information content (AvgIpc) is 3.31. The fourth-order valence-electron chi connectivity index (χ4n) is 6.70. The largest absolute Gasteiger partial charge is 0.292 e. The third-order valence-corrected chi connectivity index (χ3v) is 11.3. The van der Waals surface area contributed by atoms with Crippen molar-refractivity contribution in [1.82, 2.24) is 9.38 Å². The lowest BCUT2D eigenvalue weighted by molar-refractivity contribution is 0.925. The quantitative estimate of drug-likeness (QED) is 0.101. The van der Waals surface area contributed by atoms with Crippen LogP contribution in [0.25, 0.3) is 61.3 Å². The lowest BCUT2D eigenvalue weighted by Gasteiger charge is -2.20. The Kier molecular flexibility index (Phi) is 7.92. The number of nitrogens with zero attached hydrogens (tertiary/aromatic N) is 2. The first-order valence-electron chi connectivity index (χ1n) is 15.8. The van der Waals surface area contributed by atoms with Crippen molar-refractivity contribution >= 4 is 74.5 Å². The second kappa shape index (κ2) is 12.3. The van der Waals surface area contributed by atoms with Gasteiger partial charge in [-0.2, -0.15) is 0 Å². The first-order valence-corrected chi connectivity index (χ1v) is 17.1. The van der Waals surface area contributed by atoms with E-state index < -0.39 is 7.92 Å². The van der Waals surface area contributed by atoms with Gasteiger partial charge in [0.1, 0.15) is 5.65 Å². The highest BCUT2D eigenvalue weighted by atomic mass is 31.1. The van der Waals surface area contributed by atoms with Crippen molar-refractivity contribution < 1.29 is 0 Å². The molecular formula is C42H37N2P. The monoisotopic (exact) mass is 600 g/mol. The van der Waals surface area contributed by atoms with Crippen LogP contribution in [0.15, 0.2) is 139 Å². The van der Waals surface area contributed by atoms with Crippen molar-refractivity contribution in [2.24, 2.45) is 0 Å². The van der Waals surface area contributed by atoms with Crippen molar-refractivity contribution in [3.05, 3.63) is 150 Å². The topological polar surface area (TPSA) is 17.3 Å². The lowest BCUT2D eigenvalue weighted by Crippen LogP contribution is -2.24. The van der Waals surface area contributed by atoms with Crippen LogP contribution in [-0.4, -0.2) is 9.38 Å². The van der Waals surface area contributed by atoms with E-state index in [0.717, 1.165) is 34.8 Å². The molecule has 2 aromatic heterocycles. The minimum Gasteiger partial charge on any atom is -0.292 e. The predicted molar refractivity (Wildman–Crippen MR) is 200 cm³/mol. The van der Waals surface area contributed by atoms with Crippen LogP contribution in [0.4, 0.5) is 0 Å². The second-order valence-electron chi connectivity index (χ2n) is 11.5. The minimum absolute atomic E-state index is 0.953. The van der Waals surface area contributed by atoms with Crippen LogP contribution < -0.4 is 15.7 Å². The lowest BCUT2D eigenvalue weighted by atomic mass is 9.98. The number of rotatable bonds is 7. The summed E-state index contributed by atoms with van der Waals surface area (Å²) in [7, 11) is -0.953. The summed E-state index contributed by atoms with van der Waals surface area (Å²) in [4.78, 5) is 5.58. The van der Waals surface area contributed by atoms with Gasteiger partial charge in [-0.3, -0.25) is 4.40 Å². The van der Waals surface area contributed by atoms with E-state index in [-0.39, 0.29) is 0 Å². The molecule has 0 saturated carbocycles. The van der Waals surface area contributed by atoms with Crippen LogP contribution >= 0.6 is 7.92 Å². The third kappa shape index (κ3) is 5.00. The molecule has 2 heterocycles. The Labute approximate surface area is 265 Å². The molecule has 0 radical (unpaired) electrons. The average molecular weight is 601 g/mol. The molecule has 7 rings (SSSR count). The smallest absolute Gasteiger partial charge is 0.147 e. The van der Waals surface area contributed by atoms with Gasteiger partial charge in [-0.05, 0) is 96.5 Å². The van der Waals surface area contributed by atoms with E-state index in [1.807, 2.05) is 25.2 Å². The van der Waals surface area contributed by atoms with Gasteiger partial charge >= 0.3 is 0 Å². The first kappa shape index (κ1) is 29.0. The summed E-state index contributed by atoms with van der Waals surface area (Å²) in [5.41, 5.74) is 4.36. The Hall–Kier alpha value is -4.78. The molecule has 2 nitrogen and oxygen atoms in total. The molecule has 0 aliphatic heterocycles. The molecule has 0 N–H and O–H groups in total. The highest BCUT2D eigenvalue weighted by molar-refractivity contribution is 7.74. The molecule has 0 fully saturated rings. The molecule has 1 aliphatic rings. The van der Waals surface area contributed by atoms with Crippen LogP contribution in [0.5, 0.6) is 0 Å². The number of benzene rings is 4. The van der Waals surface area contributed by atoms with Crippen LogP contribution in [0.2, 0.25) is 0 Å². The van der Waals surface area contributed by atoms with Gasteiger partial charge < -0.3 is 0 Å². The van der Waals surface area contributed by atoms with Crippen molar-refractivity contribution in [3.8, 4) is 0 Å². The summed E-state index contributed by atoms with van der Waals surface area (Å²) in [6, 6.07) is 24.7. The van der Waals surface area contributed by atoms with E-state index in [9.17, 15) is 0 Å². The third-order valence-electron chi connectivity index (χ3n) is 8.76. The molecule has 1 unspecified atom stereocenters. The minimum atomic E-state index is -0.953. The van der Waals surface area contributed by atoms with Crippen LogP contribution in [0, 0.1) is 0 Å². The van der Waals surface area contributed by atoms with E-state index in [2.05, 4.69) is 134 Å². The number of aromatic nitrogens is 2. The number of hydrogen-bond donors (Lipinski definition) is 0. The van der Waals surface area contributed by atoms with E-state index >= 15 is 0 Å². The molecule has 0 spiro atoms. The van der Waals surface area contributed by atoms with Crippen molar-refractivity contribution in [1.29, 1.82) is 0 Å². The summed E-state index contributed by atoms with van der Waals surface area (Å²) < 4.78 is 2.42. The molecule has 220 valence electrons. The zero-order valence-corrected chi connectivity index (χ0v) is 26.9.